The molecule has 1 fully saturated rings. The van der Waals surface area contributed by atoms with E-state index in [4.69, 9.17) is 4.52 Å². The number of ether oxygens (including phenoxy) is 1. The van der Waals surface area contributed by atoms with Gasteiger partial charge in [-0.2, -0.15) is 8.78 Å². The molecule has 21 heavy (non-hydrogen) atoms. The topological polar surface area (TPSA) is 64.4 Å². The molecule has 0 unspecified atom stereocenters. The van der Waals surface area contributed by atoms with Crippen LogP contribution in [0.2, 0.25) is 0 Å². The predicted molar refractivity (Wildman–Crippen MR) is 69.5 cm³/mol. The Morgan fingerprint density at radius 2 is 2.14 bits per heavy atom. The van der Waals surface area contributed by atoms with Crippen molar-refractivity contribution in [3.05, 3.63) is 41.8 Å². The lowest BCUT2D eigenvalue weighted by Gasteiger charge is -2.10. The zero-order valence-corrected chi connectivity index (χ0v) is 10.9. The highest BCUT2D eigenvalue weighted by Crippen LogP contribution is 2.40. The Morgan fingerprint density at radius 3 is 2.86 bits per heavy atom. The highest BCUT2D eigenvalue weighted by Gasteiger charge is 2.29. The van der Waals surface area contributed by atoms with Crippen LogP contribution in [-0.4, -0.2) is 17.7 Å². The van der Waals surface area contributed by atoms with Gasteiger partial charge in [-0.1, -0.05) is 17.3 Å². The minimum atomic E-state index is -2.96. The van der Waals surface area contributed by atoms with Gasteiger partial charge < -0.3 is 14.6 Å². The molecule has 5 nitrogen and oxygen atoms in total. The summed E-state index contributed by atoms with van der Waals surface area (Å²) in [5, 5.41) is 6.17. The first-order chi connectivity index (χ1) is 10.1. The molecule has 0 saturated heterocycles. The molecule has 1 N–H and O–H groups in total. The van der Waals surface area contributed by atoms with Crippen molar-refractivity contribution in [3.8, 4) is 5.75 Å². The average molecular weight is 294 g/mol. The first kappa shape index (κ1) is 13.5. The molecule has 0 atom stereocenters. The number of carbonyl (C=O) groups excluding carboxylic acids is 1. The molecule has 1 aliphatic rings. The average Bonchev–Trinajstić information content (AvgIpc) is 3.18. The normalized spacial score (nSPS) is 14.2. The summed E-state index contributed by atoms with van der Waals surface area (Å²) in [5.41, 5.74) is 0.266. The van der Waals surface area contributed by atoms with Gasteiger partial charge in [0.2, 0.25) is 0 Å². The van der Waals surface area contributed by atoms with Crippen molar-refractivity contribution in [3.63, 3.8) is 0 Å². The van der Waals surface area contributed by atoms with Crippen molar-refractivity contribution < 1.29 is 22.8 Å². The highest BCUT2D eigenvalue weighted by molar-refractivity contribution is 6.03. The first-order valence-electron chi connectivity index (χ1n) is 6.45. The van der Waals surface area contributed by atoms with Crippen LogP contribution in [0.15, 0.2) is 34.9 Å². The number of anilines is 1. The Hall–Kier alpha value is -2.44. The van der Waals surface area contributed by atoms with E-state index < -0.39 is 12.5 Å². The van der Waals surface area contributed by atoms with Crippen LogP contribution in [0.5, 0.6) is 5.75 Å². The maximum atomic E-state index is 12.3. The van der Waals surface area contributed by atoms with Gasteiger partial charge in [-0.05, 0) is 25.0 Å². The van der Waals surface area contributed by atoms with Crippen molar-refractivity contribution in [1.29, 1.82) is 0 Å². The van der Waals surface area contributed by atoms with Crippen LogP contribution in [0.1, 0.15) is 35.0 Å². The number of rotatable bonds is 5. The molecule has 0 bridgehead atoms. The molecule has 1 aromatic heterocycles. The molecule has 0 spiro atoms. The second-order valence-electron chi connectivity index (χ2n) is 4.72. The molecule has 1 saturated carbocycles. The molecule has 1 amide bonds. The number of nitrogens with zero attached hydrogens (tertiary/aromatic N) is 1. The van der Waals surface area contributed by atoms with E-state index in [0.717, 1.165) is 12.8 Å². The third kappa shape index (κ3) is 3.18. The summed E-state index contributed by atoms with van der Waals surface area (Å²) < 4.78 is 34.0. The van der Waals surface area contributed by atoms with E-state index in [1.807, 2.05) is 0 Å². The summed E-state index contributed by atoms with van der Waals surface area (Å²) in [6.45, 7) is -2.96. The van der Waals surface area contributed by atoms with E-state index in [9.17, 15) is 13.6 Å². The van der Waals surface area contributed by atoms with E-state index in [2.05, 4.69) is 15.2 Å². The van der Waals surface area contributed by atoms with Gasteiger partial charge in [0.1, 0.15) is 11.5 Å². The number of nitrogens with one attached hydrogen (secondary N) is 1. The van der Waals surface area contributed by atoms with Crippen molar-refractivity contribution in [1.82, 2.24) is 5.16 Å². The van der Waals surface area contributed by atoms with Crippen molar-refractivity contribution >= 4 is 11.6 Å². The molecule has 2 aromatic rings. The molecule has 7 heteroatoms. The number of benzene rings is 1. The van der Waals surface area contributed by atoms with Crippen LogP contribution >= 0.6 is 0 Å². The Labute approximate surface area is 118 Å². The molecule has 1 aromatic carbocycles. The van der Waals surface area contributed by atoms with Gasteiger partial charge >= 0.3 is 6.61 Å². The monoisotopic (exact) mass is 294 g/mol. The number of carbonyl (C=O) groups is 1. The number of hydrogen-bond acceptors (Lipinski definition) is 4. The van der Waals surface area contributed by atoms with Crippen LogP contribution in [0.25, 0.3) is 0 Å². The maximum absolute atomic E-state index is 12.3. The van der Waals surface area contributed by atoms with E-state index in [1.54, 1.807) is 12.1 Å². The van der Waals surface area contributed by atoms with E-state index in [-0.39, 0.29) is 17.1 Å². The maximum Gasteiger partial charge on any atom is 0.387 e. The standard InChI is InChI=1S/C14H12F2N2O3/c15-14(16)20-11-4-2-1-3-9(11)17-13(19)10-7-12(21-18-10)8-5-6-8/h1-4,7-8,14H,5-6H2,(H,17,19). The van der Waals surface area contributed by atoms with Gasteiger partial charge in [-0.25, -0.2) is 0 Å². The Morgan fingerprint density at radius 1 is 1.38 bits per heavy atom. The summed E-state index contributed by atoms with van der Waals surface area (Å²) in [6, 6.07) is 7.53. The largest absolute Gasteiger partial charge is 0.433 e. The second-order valence-corrected chi connectivity index (χ2v) is 4.72. The Kier molecular flexibility index (Phi) is 3.55. The lowest BCUT2D eigenvalue weighted by molar-refractivity contribution is -0.0493. The molecule has 1 aliphatic carbocycles. The fraction of sp³-hybridized carbons (Fsp3) is 0.286. The summed E-state index contributed by atoms with van der Waals surface area (Å²) in [7, 11) is 0. The van der Waals surface area contributed by atoms with Gasteiger partial charge in [-0.3, -0.25) is 4.79 Å². The summed E-state index contributed by atoms with van der Waals surface area (Å²) >= 11 is 0. The number of hydrogen-bond donors (Lipinski definition) is 1. The molecule has 0 aliphatic heterocycles. The van der Waals surface area contributed by atoms with E-state index in [1.165, 1.54) is 18.2 Å². The fourth-order valence-electron chi connectivity index (χ4n) is 1.91. The van der Waals surface area contributed by atoms with Gasteiger partial charge in [0, 0.05) is 12.0 Å². The summed E-state index contributed by atoms with van der Waals surface area (Å²) in [5.74, 6) is 0.383. The van der Waals surface area contributed by atoms with Crippen LogP contribution in [-0.2, 0) is 0 Å². The van der Waals surface area contributed by atoms with Gasteiger partial charge in [-0.15, -0.1) is 0 Å². The van der Waals surface area contributed by atoms with Gasteiger partial charge in [0.05, 0.1) is 5.69 Å². The molecular weight excluding hydrogens is 282 g/mol. The first-order valence-corrected chi connectivity index (χ1v) is 6.45. The second kappa shape index (κ2) is 5.51. The molecule has 110 valence electrons. The van der Waals surface area contributed by atoms with Gasteiger partial charge in [0.15, 0.2) is 5.69 Å². The molecule has 1 heterocycles. The summed E-state index contributed by atoms with van der Waals surface area (Å²) in [4.78, 5) is 12.0. The lowest BCUT2D eigenvalue weighted by atomic mass is 10.2. The van der Waals surface area contributed by atoms with Crippen LogP contribution in [0.3, 0.4) is 0 Å². The number of amides is 1. The minimum absolute atomic E-state index is 0.105. The fourth-order valence-corrected chi connectivity index (χ4v) is 1.91. The molecular formula is C14H12F2N2O3. The van der Waals surface area contributed by atoms with Crippen LogP contribution < -0.4 is 10.1 Å². The van der Waals surface area contributed by atoms with Crippen molar-refractivity contribution in [2.45, 2.75) is 25.4 Å². The smallest absolute Gasteiger partial charge is 0.387 e. The number of aromatic nitrogens is 1. The number of alkyl halides is 2. The minimum Gasteiger partial charge on any atom is -0.433 e. The summed E-state index contributed by atoms with van der Waals surface area (Å²) in [6.07, 6.45) is 2.06. The van der Waals surface area contributed by atoms with Crippen molar-refractivity contribution in [2.24, 2.45) is 0 Å². The highest BCUT2D eigenvalue weighted by atomic mass is 19.3. The molecule has 0 radical (unpaired) electrons. The third-order valence-corrected chi connectivity index (χ3v) is 3.09. The molecule has 3 rings (SSSR count). The lowest BCUT2D eigenvalue weighted by Crippen LogP contribution is -2.14. The van der Waals surface area contributed by atoms with E-state index >= 15 is 0 Å². The quantitative estimate of drug-likeness (QED) is 0.917. The third-order valence-electron chi connectivity index (χ3n) is 3.09. The number of para-hydroxylation sites is 2. The van der Waals surface area contributed by atoms with Crippen LogP contribution in [0, 0.1) is 0 Å². The Bertz CT molecular complexity index is 653. The number of halogens is 2. The Balaban J connectivity index is 1.74. The zero-order valence-electron chi connectivity index (χ0n) is 10.9. The van der Waals surface area contributed by atoms with Crippen molar-refractivity contribution in [2.75, 3.05) is 5.32 Å². The predicted octanol–water partition coefficient (Wildman–Crippen LogP) is 3.41. The zero-order chi connectivity index (χ0) is 14.8. The van der Waals surface area contributed by atoms with E-state index in [0.29, 0.717) is 11.7 Å². The van der Waals surface area contributed by atoms with Gasteiger partial charge in [0.25, 0.3) is 5.91 Å². The SMILES string of the molecule is O=C(Nc1ccccc1OC(F)F)c1cc(C2CC2)on1. The van der Waals surface area contributed by atoms with Crippen LogP contribution in [0.4, 0.5) is 14.5 Å².